The predicted octanol–water partition coefficient (Wildman–Crippen LogP) is 5.25. The summed E-state index contributed by atoms with van der Waals surface area (Å²) < 4.78 is 0. The van der Waals surface area contributed by atoms with Gasteiger partial charge in [-0.15, -0.1) is 0 Å². The van der Waals surface area contributed by atoms with Gasteiger partial charge in [-0.2, -0.15) is 0 Å². The van der Waals surface area contributed by atoms with E-state index >= 15 is 0 Å². The molecule has 1 heterocycles. The van der Waals surface area contributed by atoms with Gasteiger partial charge in [0.05, 0.1) is 16.7 Å². The quantitative estimate of drug-likeness (QED) is 0.706. The Morgan fingerprint density at radius 3 is 2.28 bits per heavy atom. The van der Waals surface area contributed by atoms with E-state index < -0.39 is 5.41 Å². The second-order valence-corrected chi connectivity index (χ2v) is 8.09. The second kappa shape index (κ2) is 5.94. The summed E-state index contributed by atoms with van der Waals surface area (Å²) in [5.41, 5.74) is 3.74. The number of nitrogens with zero attached hydrogens (tertiary/aromatic N) is 1. The number of rotatable bonds is 3. The molecule has 2 aromatic rings. The van der Waals surface area contributed by atoms with E-state index in [-0.39, 0.29) is 11.3 Å². The molecule has 0 atom stereocenters. The predicted molar refractivity (Wildman–Crippen MR) is 102 cm³/mol. The van der Waals surface area contributed by atoms with Gasteiger partial charge in [0, 0.05) is 5.56 Å². The highest BCUT2D eigenvalue weighted by molar-refractivity contribution is 6.22. The molecule has 0 amide bonds. The summed E-state index contributed by atoms with van der Waals surface area (Å²) in [5, 5.41) is 0. The summed E-state index contributed by atoms with van der Waals surface area (Å²) in [6.45, 7) is 4.36. The number of fused-ring (bicyclic) bond motifs is 1. The van der Waals surface area contributed by atoms with Crippen LogP contribution in [0.1, 0.15) is 61.0 Å². The average Bonchev–Trinajstić information content (AvgIpc) is 3.11. The monoisotopic (exact) mass is 331 g/mol. The maximum atomic E-state index is 13.6. The van der Waals surface area contributed by atoms with E-state index in [9.17, 15) is 4.79 Å². The molecule has 2 aromatic carbocycles. The molecule has 2 nitrogen and oxygen atoms in total. The Bertz CT molecular complexity index is 826. The number of carbonyl (C=O) groups excluding carboxylic acids is 1. The van der Waals surface area contributed by atoms with Gasteiger partial charge in [-0.25, -0.2) is 0 Å². The smallest absolute Gasteiger partial charge is 0.174 e. The molecule has 2 aliphatic rings. The highest BCUT2D eigenvalue weighted by atomic mass is 16.1. The van der Waals surface area contributed by atoms with Crippen LogP contribution in [0.3, 0.4) is 0 Å². The zero-order chi connectivity index (χ0) is 17.5. The van der Waals surface area contributed by atoms with Crippen LogP contribution in [0.25, 0.3) is 0 Å². The number of aliphatic imine (C=N–C) groups is 1. The highest BCUT2D eigenvalue weighted by Crippen LogP contribution is 2.46. The molecular weight excluding hydrogens is 306 g/mol. The van der Waals surface area contributed by atoms with Crippen molar-refractivity contribution in [2.24, 2.45) is 10.4 Å². The molecule has 1 saturated carbocycles. The fourth-order valence-corrected chi connectivity index (χ4v) is 4.55. The number of ketones is 1. The van der Waals surface area contributed by atoms with Gasteiger partial charge in [0.1, 0.15) is 0 Å². The first-order valence-corrected chi connectivity index (χ1v) is 9.30. The van der Waals surface area contributed by atoms with E-state index in [1.807, 2.05) is 30.3 Å². The van der Waals surface area contributed by atoms with Crippen LogP contribution < -0.4 is 0 Å². The Kier molecular flexibility index (Phi) is 3.87. The van der Waals surface area contributed by atoms with E-state index in [2.05, 4.69) is 38.1 Å². The topological polar surface area (TPSA) is 29.4 Å². The summed E-state index contributed by atoms with van der Waals surface area (Å²) in [7, 11) is 0. The lowest BCUT2D eigenvalue weighted by Crippen LogP contribution is -2.42. The van der Waals surface area contributed by atoms with Crippen molar-refractivity contribution < 1.29 is 4.79 Å². The van der Waals surface area contributed by atoms with E-state index in [4.69, 9.17) is 4.99 Å². The van der Waals surface area contributed by atoms with Crippen LogP contribution >= 0.6 is 0 Å². The summed E-state index contributed by atoms with van der Waals surface area (Å²) in [6.07, 6.45) is 4.94. The Hall–Kier alpha value is -2.22. The van der Waals surface area contributed by atoms with E-state index in [1.165, 1.54) is 11.1 Å². The maximum Gasteiger partial charge on any atom is 0.174 e. The first-order valence-electron chi connectivity index (χ1n) is 9.30. The normalized spacial score (nSPS) is 20.6. The summed E-state index contributed by atoms with van der Waals surface area (Å²) in [6, 6.07) is 18.3. The zero-order valence-electron chi connectivity index (χ0n) is 15.1. The van der Waals surface area contributed by atoms with Gasteiger partial charge in [0.25, 0.3) is 0 Å². The lowest BCUT2D eigenvalue weighted by Gasteiger charge is -2.37. The molecule has 25 heavy (non-hydrogen) atoms. The minimum Gasteiger partial charge on any atom is -0.293 e. The van der Waals surface area contributed by atoms with Crippen LogP contribution in [0.5, 0.6) is 0 Å². The van der Waals surface area contributed by atoms with Crippen molar-refractivity contribution in [3.05, 3.63) is 71.3 Å². The molecule has 0 radical (unpaired) electrons. The standard InChI is InChI=1S/C23H25NO/c1-22(2)16-18-12-6-7-13-19(18)20(24-22)23(14-8-9-15-23)21(25)17-10-4-3-5-11-17/h3-7,10-13H,8-9,14-16H2,1-2H3. The van der Waals surface area contributed by atoms with Gasteiger partial charge in [0.15, 0.2) is 5.78 Å². The van der Waals surface area contributed by atoms with Crippen molar-refractivity contribution in [3.63, 3.8) is 0 Å². The summed E-state index contributed by atoms with van der Waals surface area (Å²) in [4.78, 5) is 18.8. The zero-order valence-corrected chi connectivity index (χ0v) is 15.1. The molecule has 0 bridgehead atoms. The lowest BCUT2D eigenvalue weighted by molar-refractivity contribution is 0.0876. The van der Waals surface area contributed by atoms with E-state index in [1.54, 1.807) is 0 Å². The largest absolute Gasteiger partial charge is 0.293 e. The number of carbonyl (C=O) groups is 1. The second-order valence-electron chi connectivity index (χ2n) is 8.09. The first kappa shape index (κ1) is 16.3. The SMILES string of the molecule is CC1(C)Cc2ccccc2C(C2(C(=O)c3ccccc3)CCCC2)=N1. The molecule has 0 aromatic heterocycles. The van der Waals surface area contributed by atoms with Crippen LogP contribution in [-0.4, -0.2) is 17.0 Å². The molecular formula is C23H25NO. The average molecular weight is 331 g/mol. The fourth-order valence-electron chi connectivity index (χ4n) is 4.55. The van der Waals surface area contributed by atoms with Crippen molar-refractivity contribution in [3.8, 4) is 0 Å². The summed E-state index contributed by atoms with van der Waals surface area (Å²) in [5.74, 6) is 0.247. The highest BCUT2D eigenvalue weighted by Gasteiger charge is 2.48. The van der Waals surface area contributed by atoms with E-state index in [0.717, 1.165) is 43.4 Å². The molecule has 0 spiro atoms. The first-order chi connectivity index (χ1) is 12.0. The third-order valence-electron chi connectivity index (χ3n) is 5.69. The molecule has 2 heteroatoms. The lowest BCUT2D eigenvalue weighted by atomic mass is 9.69. The third-order valence-corrected chi connectivity index (χ3v) is 5.69. The Morgan fingerprint density at radius 2 is 1.56 bits per heavy atom. The number of hydrogen-bond acceptors (Lipinski definition) is 2. The van der Waals surface area contributed by atoms with Crippen molar-refractivity contribution in [1.82, 2.24) is 0 Å². The van der Waals surface area contributed by atoms with Crippen LogP contribution in [0, 0.1) is 5.41 Å². The van der Waals surface area contributed by atoms with Crippen molar-refractivity contribution in [2.45, 2.75) is 51.5 Å². The van der Waals surface area contributed by atoms with Gasteiger partial charge in [-0.1, -0.05) is 67.4 Å². The molecule has 0 N–H and O–H groups in total. The van der Waals surface area contributed by atoms with Crippen molar-refractivity contribution in [1.29, 1.82) is 0 Å². The Balaban J connectivity index is 1.89. The molecule has 1 aliphatic carbocycles. The van der Waals surface area contributed by atoms with Crippen LogP contribution in [-0.2, 0) is 6.42 Å². The Labute approximate surface area is 150 Å². The van der Waals surface area contributed by atoms with Gasteiger partial charge in [-0.05, 0) is 44.2 Å². The van der Waals surface area contributed by atoms with Crippen LogP contribution in [0.15, 0.2) is 59.6 Å². The van der Waals surface area contributed by atoms with Crippen molar-refractivity contribution >= 4 is 11.5 Å². The van der Waals surface area contributed by atoms with Gasteiger partial charge < -0.3 is 0 Å². The molecule has 1 aliphatic heterocycles. The molecule has 0 unspecified atom stereocenters. The summed E-state index contributed by atoms with van der Waals surface area (Å²) >= 11 is 0. The van der Waals surface area contributed by atoms with Crippen LogP contribution in [0.2, 0.25) is 0 Å². The van der Waals surface area contributed by atoms with Crippen molar-refractivity contribution in [2.75, 3.05) is 0 Å². The maximum absolute atomic E-state index is 13.6. The third kappa shape index (κ3) is 2.74. The Morgan fingerprint density at radius 1 is 0.920 bits per heavy atom. The minimum absolute atomic E-state index is 0.157. The van der Waals surface area contributed by atoms with Crippen LogP contribution in [0.4, 0.5) is 0 Å². The molecule has 4 rings (SSSR count). The van der Waals surface area contributed by atoms with Gasteiger partial charge in [-0.3, -0.25) is 9.79 Å². The minimum atomic E-state index is -0.463. The molecule has 0 saturated heterocycles. The number of benzene rings is 2. The van der Waals surface area contributed by atoms with Gasteiger partial charge >= 0.3 is 0 Å². The number of hydrogen-bond donors (Lipinski definition) is 0. The molecule has 1 fully saturated rings. The molecule has 128 valence electrons. The van der Waals surface area contributed by atoms with Gasteiger partial charge in [0.2, 0.25) is 0 Å². The van der Waals surface area contributed by atoms with E-state index in [0.29, 0.717) is 0 Å². The fraction of sp³-hybridized carbons (Fsp3) is 0.391. The number of Topliss-reactive ketones (excluding diaryl/α,β-unsaturated/α-hetero) is 1.